The quantitative estimate of drug-likeness (QED) is 0.0929. The highest BCUT2D eigenvalue weighted by atomic mass is 16.7. The molecule has 0 unspecified atom stereocenters. The number of carbonyl (C=O) groups is 4. The molecule has 14 atom stereocenters. The van der Waals surface area contributed by atoms with Crippen molar-refractivity contribution >= 4 is 23.9 Å². The maximum absolute atomic E-state index is 14.1. The first kappa shape index (κ1) is 48.9. The predicted octanol–water partition coefficient (Wildman–Crippen LogP) is 11.8. The van der Waals surface area contributed by atoms with Gasteiger partial charge in [-0.25, -0.2) is 14.4 Å². The Hall–Kier alpha value is -5.06. The molecular weight excluding hydrogens is 869 g/mol. The van der Waals surface area contributed by atoms with Gasteiger partial charge in [0, 0.05) is 0 Å². The van der Waals surface area contributed by atoms with Crippen molar-refractivity contribution in [3.8, 4) is 0 Å². The van der Waals surface area contributed by atoms with Gasteiger partial charge < -0.3 is 28.4 Å². The molecule has 3 aromatic carbocycles. The zero-order valence-electron chi connectivity index (χ0n) is 41.5. The number of hydrogen-bond donors (Lipinski definition) is 0. The standard InChI is InChI=1S/C59H72O10/c1-9-35-64-54(63)59-32-27-41(37(2)3)47(59)42-25-26-45-56(6)30-29-46(55(4,5)44(56)28-31-58(45,8)57(42,7)33-34-59)67-53-49(69-52(62)40-23-17-12-18-24-40)48(68-51(61)39-21-15-11-16-22-39)43(66-53)36-65-50(60)38-19-13-10-14-20-38/h9-24,41-49,53H,1-2,25-36H2,3-8H3/t41-,42+,43-,44-,45+,46-,47+,48-,49+,53-,56-,57+,58+,59-/m0/s1. The lowest BCUT2D eigenvalue weighted by molar-refractivity contribution is -0.274. The van der Waals surface area contributed by atoms with Gasteiger partial charge in [-0.05, 0) is 159 Å². The van der Waals surface area contributed by atoms with E-state index in [1.54, 1.807) is 78.9 Å². The van der Waals surface area contributed by atoms with E-state index < -0.39 is 47.9 Å². The van der Waals surface area contributed by atoms with Crippen molar-refractivity contribution in [1.82, 2.24) is 0 Å². The molecule has 0 bridgehead atoms. The Labute approximate surface area is 408 Å². The second-order valence-corrected chi connectivity index (χ2v) is 22.7. The molecule has 0 amide bonds. The summed E-state index contributed by atoms with van der Waals surface area (Å²) in [7, 11) is 0. The molecule has 5 aliphatic carbocycles. The topological polar surface area (TPSA) is 124 Å². The minimum absolute atomic E-state index is 0.00281. The number of rotatable bonds is 13. The van der Waals surface area contributed by atoms with E-state index in [1.165, 1.54) is 5.57 Å². The maximum atomic E-state index is 14.1. The van der Waals surface area contributed by atoms with E-state index in [4.69, 9.17) is 28.4 Å². The SMILES string of the molecule is C=CCOC(=O)[C@]12CC[C@@H](C(=C)C)[C@@H]1[C@H]1CC[C@@H]3[C@@]4(C)CC[C@H](O[C@@H]5O[C@@H](COC(=O)c6ccccc6)[C@H](OC(=O)c6ccccc6)[C@H]5OC(=O)c5ccccc5)C(C)(C)[C@@H]4CC[C@@]3(C)[C@]1(C)CC2. The van der Waals surface area contributed by atoms with E-state index in [9.17, 15) is 19.2 Å². The average Bonchev–Trinajstić information content (AvgIpc) is 3.90. The minimum Gasteiger partial charge on any atom is -0.461 e. The van der Waals surface area contributed by atoms with Gasteiger partial charge in [0.2, 0.25) is 0 Å². The van der Waals surface area contributed by atoms with Crippen LogP contribution in [0.15, 0.2) is 116 Å². The van der Waals surface area contributed by atoms with E-state index in [-0.39, 0.29) is 52.9 Å². The Balaban J connectivity index is 0.991. The number of allylic oxidation sites excluding steroid dienone is 1. The van der Waals surface area contributed by atoms with Crippen molar-refractivity contribution in [2.75, 3.05) is 13.2 Å². The molecule has 10 heteroatoms. The van der Waals surface area contributed by atoms with E-state index in [1.807, 2.05) is 18.2 Å². The van der Waals surface area contributed by atoms with Gasteiger partial charge in [0.1, 0.15) is 19.3 Å². The molecule has 1 saturated heterocycles. The fourth-order valence-corrected chi connectivity index (χ4v) is 15.7. The molecule has 9 rings (SSSR count). The summed E-state index contributed by atoms with van der Waals surface area (Å²) in [5, 5.41) is 0. The van der Waals surface area contributed by atoms with Crippen LogP contribution >= 0.6 is 0 Å². The minimum atomic E-state index is -1.19. The van der Waals surface area contributed by atoms with Crippen molar-refractivity contribution in [3.63, 3.8) is 0 Å². The van der Waals surface area contributed by atoms with Crippen molar-refractivity contribution in [2.24, 2.45) is 56.7 Å². The molecule has 3 aromatic rings. The molecular formula is C59H72O10. The molecule has 368 valence electrons. The number of hydrogen-bond acceptors (Lipinski definition) is 10. The molecule has 5 saturated carbocycles. The summed E-state index contributed by atoms with van der Waals surface area (Å²) in [4.78, 5) is 55.2. The summed E-state index contributed by atoms with van der Waals surface area (Å²) in [6.07, 6.45) is 6.49. The third kappa shape index (κ3) is 8.39. The van der Waals surface area contributed by atoms with E-state index in [0.29, 0.717) is 40.4 Å². The fourth-order valence-electron chi connectivity index (χ4n) is 15.7. The number of benzene rings is 3. The van der Waals surface area contributed by atoms with Gasteiger partial charge in [0.15, 0.2) is 18.5 Å². The molecule has 6 fully saturated rings. The summed E-state index contributed by atoms with van der Waals surface area (Å²) in [5.74, 6) is -0.186. The van der Waals surface area contributed by atoms with Crippen LogP contribution in [0.5, 0.6) is 0 Å². The summed E-state index contributed by atoms with van der Waals surface area (Å²) in [5.41, 5.74) is 1.46. The molecule has 0 N–H and O–H groups in total. The summed E-state index contributed by atoms with van der Waals surface area (Å²) in [6.45, 7) is 22.8. The van der Waals surface area contributed by atoms with Crippen molar-refractivity contribution in [2.45, 2.75) is 136 Å². The first-order chi connectivity index (χ1) is 33.0. The monoisotopic (exact) mass is 941 g/mol. The van der Waals surface area contributed by atoms with E-state index in [2.05, 4.69) is 54.7 Å². The lowest BCUT2D eigenvalue weighted by atomic mass is 9.32. The molecule has 0 radical (unpaired) electrons. The van der Waals surface area contributed by atoms with Crippen LogP contribution in [-0.2, 0) is 33.2 Å². The van der Waals surface area contributed by atoms with Gasteiger partial charge in [0.25, 0.3) is 0 Å². The summed E-state index contributed by atoms with van der Waals surface area (Å²) < 4.78 is 38.2. The summed E-state index contributed by atoms with van der Waals surface area (Å²) >= 11 is 0. The van der Waals surface area contributed by atoms with Gasteiger partial charge in [0.05, 0.1) is 28.2 Å². The predicted molar refractivity (Wildman–Crippen MR) is 262 cm³/mol. The average molecular weight is 941 g/mol. The Kier molecular flexibility index (Phi) is 13.4. The highest BCUT2D eigenvalue weighted by Crippen LogP contribution is 2.77. The molecule has 1 aliphatic heterocycles. The van der Waals surface area contributed by atoms with Gasteiger partial charge in [-0.1, -0.05) is 114 Å². The lowest BCUT2D eigenvalue weighted by Crippen LogP contribution is -2.67. The second kappa shape index (κ2) is 18.9. The van der Waals surface area contributed by atoms with Crippen LogP contribution in [0, 0.1) is 56.7 Å². The van der Waals surface area contributed by atoms with E-state index in [0.717, 1.165) is 64.2 Å². The number of fused-ring (bicyclic) bond motifs is 7. The molecule has 0 aromatic heterocycles. The molecule has 10 nitrogen and oxygen atoms in total. The fraction of sp³-hybridized carbons (Fsp3) is 0.559. The summed E-state index contributed by atoms with van der Waals surface area (Å²) in [6, 6.07) is 25.9. The Morgan fingerprint density at radius 2 is 1.25 bits per heavy atom. The van der Waals surface area contributed by atoms with Crippen LogP contribution in [0.25, 0.3) is 0 Å². The van der Waals surface area contributed by atoms with Crippen LogP contribution in [0.1, 0.15) is 137 Å². The Morgan fingerprint density at radius 1 is 0.652 bits per heavy atom. The van der Waals surface area contributed by atoms with Gasteiger partial charge in [-0.3, -0.25) is 4.79 Å². The molecule has 0 spiro atoms. The van der Waals surface area contributed by atoms with Crippen molar-refractivity contribution in [1.29, 1.82) is 0 Å². The number of carbonyl (C=O) groups excluding carboxylic acids is 4. The van der Waals surface area contributed by atoms with Gasteiger partial charge in [-0.15, -0.1) is 0 Å². The van der Waals surface area contributed by atoms with Crippen LogP contribution in [0.2, 0.25) is 0 Å². The van der Waals surface area contributed by atoms with Crippen LogP contribution < -0.4 is 0 Å². The lowest BCUT2D eigenvalue weighted by Gasteiger charge is -2.73. The maximum Gasteiger partial charge on any atom is 0.338 e. The first-order valence-corrected chi connectivity index (χ1v) is 25.5. The highest BCUT2D eigenvalue weighted by Gasteiger charge is 2.72. The number of ether oxygens (including phenoxy) is 6. The number of esters is 4. The third-order valence-electron chi connectivity index (χ3n) is 19.2. The highest BCUT2D eigenvalue weighted by molar-refractivity contribution is 5.91. The van der Waals surface area contributed by atoms with Gasteiger partial charge in [-0.2, -0.15) is 0 Å². The molecule has 1 heterocycles. The van der Waals surface area contributed by atoms with Crippen LogP contribution in [0.3, 0.4) is 0 Å². The molecule has 69 heavy (non-hydrogen) atoms. The normalized spacial score (nSPS) is 37.4. The van der Waals surface area contributed by atoms with Crippen molar-refractivity contribution < 1.29 is 47.6 Å². The second-order valence-electron chi connectivity index (χ2n) is 22.7. The van der Waals surface area contributed by atoms with Crippen molar-refractivity contribution in [3.05, 3.63) is 132 Å². The van der Waals surface area contributed by atoms with Crippen LogP contribution in [-0.4, -0.2) is 67.8 Å². The Bertz CT molecular complexity index is 2400. The molecule has 6 aliphatic rings. The van der Waals surface area contributed by atoms with Gasteiger partial charge >= 0.3 is 23.9 Å². The van der Waals surface area contributed by atoms with Crippen LogP contribution in [0.4, 0.5) is 0 Å². The smallest absolute Gasteiger partial charge is 0.338 e. The first-order valence-electron chi connectivity index (χ1n) is 25.5. The zero-order valence-corrected chi connectivity index (χ0v) is 41.5. The van der Waals surface area contributed by atoms with E-state index >= 15 is 0 Å². The largest absolute Gasteiger partial charge is 0.461 e. The Morgan fingerprint density at radius 3 is 1.84 bits per heavy atom. The third-order valence-corrected chi connectivity index (χ3v) is 19.2. The zero-order chi connectivity index (χ0) is 48.9.